The van der Waals surface area contributed by atoms with Crippen LogP contribution in [0.3, 0.4) is 0 Å². The summed E-state index contributed by atoms with van der Waals surface area (Å²) in [6.45, 7) is 2.68. The van der Waals surface area contributed by atoms with Gasteiger partial charge in [0.05, 0.1) is 13.7 Å². The molecule has 2 amide bonds. The maximum Gasteiger partial charge on any atom is 0.241 e. The second kappa shape index (κ2) is 10.3. The van der Waals surface area contributed by atoms with Crippen molar-refractivity contribution in [1.82, 2.24) is 14.8 Å². The van der Waals surface area contributed by atoms with Crippen molar-refractivity contribution >= 4 is 11.8 Å². The summed E-state index contributed by atoms with van der Waals surface area (Å²) in [5.74, 6) is 0.618. The molecule has 0 spiro atoms. The topological polar surface area (TPSA) is 62.7 Å². The fourth-order valence-electron chi connectivity index (χ4n) is 2.69. The molecule has 0 bridgehead atoms. The second-order valence-electron chi connectivity index (χ2n) is 6.46. The number of benzene rings is 1. The number of carbonyl (C=O) groups excluding carboxylic acids is 2. The van der Waals surface area contributed by atoms with Crippen LogP contribution in [-0.4, -0.2) is 60.4 Å². The zero-order valence-electron chi connectivity index (χ0n) is 16.2. The molecule has 0 saturated heterocycles. The number of hydrogen-bond acceptors (Lipinski definition) is 4. The van der Waals surface area contributed by atoms with Crippen LogP contribution in [0, 0.1) is 0 Å². The van der Waals surface area contributed by atoms with E-state index in [1.165, 1.54) is 6.92 Å². The molecule has 6 heteroatoms. The smallest absolute Gasteiger partial charge is 0.241 e. The summed E-state index contributed by atoms with van der Waals surface area (Å²) in [7, 11) is 3.39. The summed E-state index contributed by atoms with van der Waals surface area (Å²) < 4.78 is 5.22. The van der Waals surface area contributed by atoms with Crippen molar-refractivity contribution in [3.63, 3.8) is 0 Å². The molecule has 0 unspecified atom stereocenters. The number of methoxy groups -OCH3 is 1. The highest BCUT2D eigenvalue weighted by atomic mass is 16.5. The lowest BCUT2D eigenvalue weighted by Gasteiger charge is -2.24. The molecule has 6 nitrogen and oxygen atoms in total. The SMILES string of the molecule is COc1cccc(CCN(CC(=O)N(C)CCc2ccncc2)C(C)=O)c1. The van der Waals surface area contributed by atoms with Crippen LogP contribution in [0.2, 0.25) is 0 Å². The van der Waals surface area contributed by atoms with Crippen molar-refractivity contribution in [1.29, 1.82) is 0 Å². The number of ether oxygens (including phenoxy) is 1. The Hall–Kier alpha value is -2.89. The van der Waals surface area contributed by atoms with Crippen molar-refractivity contribution in [2.45, 2.75) is 19.8 Å². The van der Waals surface area contributed by atoms with E-state index in [1.54, 1.807) is 36.4 Å². The van der Waals surface area contributed by atoms with E-state index < -0.39 is 0 Å². The quantitative estimate of drug-likeness (QED) is 0.680. The number of aromatic nitrogens is 1. The average molecular weight is 369 g/mol. The molecule has 0 atom stereocenters. The number of carbonyl (C=O) groups is 2. The minimum Gasteiger partial charge on any atom is -0.497 e. The fraction of sp³-hybridized carbons (Fsp3) is 0.381. The summed E-state index contributed by atoms with van der Waals surface area (Å²) in [6.07, 6.45) is 4.92. The van der Waals surface area contributed by atoms with Crippen molar-refractivity contribution in [3.8, 4) is 5.75 Å². The molecule has 144 valence electrons. The van der Waals surface area contributed by atoms with Crippen LogP contribution in [0.1, 0.15) is 18.1 Å². The number of amides is 2. The molecule has 27 heavy (non-hydrogen) atoms. The van der Waals surface area contributed by atoms with E-state index in [1.807, 2.05) is 36.4 Å². The van der Waals surface area contributed by atoms with E-state index in [9.17, 15) is 9.59 Å². The highest BCUT2D eigenvalue weighted by molar-refractivity contribution is 5.83. The second-order valence-corrected chi connectivity index (χ2v) is 6.46. The molecular weight excluding hydrogens is 342 g/mol. The van der Waals surface area contributed by atoms with Crippen LogP contribution < -0.4 is 4.74 Å². The lowest BCUT2D eigenvalue weighted by molar-refractivity contribution is -0.138. The Balaban J connectivity index is 1.86. The maximum absolute atomic E-state index is 12.5. The first-order valence-electron chi connectivity index (χ1n) is 9.01. The highest BCUT2D eigenvalue weighted by Crippen LogP contribution is 2.13. The first-order chi connectivity index (χ1) is 13.0. The Bertz CT molecular complexity index is 749. The largest absolute Gasteiger partial charge is 0.497 e. The summed E-state index contributed by atoms with van der Waals surface area (Å²) in [5, 5.41) is 0. The molecule has 0 aliphatic heterocycles. The van der Waals surface area contributed by atoms with Gasteiger partial charge in [-0.2, -0.15) is 0 Å². The molecule has 2 aromatic rings. The molecule has 1 aromatic carbocycles. The van der Waals surface area contributed by atoms with Gasteiger partial charge in [-0.15, -0.1) is 0 Å². The predicted molar refractivity (Wildman–Crippen MR) is 105 cm³/mol. The highest BCUT2D eigenvalue weighted by Gasteiger charge is 2.16. The van der Waals surface area contributed by atoms with E-state index in [0.29, 0.717) is 19.5 Å². The third-order valence-electron chi connectivity index (χ3n) is 4.49. The van der Waals surface area contributed by atoms with Crippen molar-refractivity contribution in [2.24, 2.45) is 0 Å². The predicted octanol–water partition coefficient (Wildman–Crippen LogP) is 2.18. The van der Waals surface area contributed by atoms with E-state index in [4.69, 9.17) is 4.74 Å². The van der Waals surface area contributed by atoms with E-state index in [2.05, 4.69) is 4.98 Å². The van der Waals surface area contributed by atoms with E-state index >= 15 is 0 Å². The lowest BCUT2D eigenvalue weighted by atomic mass is 10.1. The van der Waals surface area contributed by atoms with Gasteiger partial charge in [-0.1, -0.05) is 12.1 Å². The Morgan fingerprint density at radius 3 is 2.41 bits per heavy atom. The van der Waals surface area contributed by atoms with Gasteiger partial charge in [-0.3, -0.25) is 14.6 Å². The summed E-state index contributed by atoms with van der Waals surface area (Å²) in [4.78, 5) is 31.7. The molecule has 1 heterocycles. The third-order valence-corrected chi connectivity index (χ3v) is 4.49. The van der Waals surface area contributed by atoms with Crippen molar-refractivity contribution < 1.29 is 14.3 Å². The normalized spacial score (nSPS) is 10.3. The first kappa shape index (κ1) is 20.4. The van der Waals surface area contributed by atoms with Gasteiger partial charge in [0.25, 0.3) is 0 Å². The van der Waals surface area contributed by atoms with Crippen LogP contribution in [0.25, 0.3) is 0 Å². The number of likely N-dealkylation sites (N-methyl/N-ethyl adjacent to an activating group) is 1. The standard InChI is InChI=1S/C21H27N3O3/c1-17(25)24(14-10-19-5-4-6-20(15-19)27-3)16-21(26)23(2)13-9-18-7-11-22-12-8-18/h4-8,11-12,15H,9-10,13-14,16H2,1-3H3. The zero-order valence-corrected chi connectivity index (χ0v) is 16.2. The van der Waals surface area contributed by atoms with Crippen molar-refractivity contribution in [3.05, 3.63) is 59.9 Å². The molecule has 0 radical (unpaired) electrons. The molecule has 0 aliphatic rings. The van der Waals surface area contributed by atoms with E-state index in [-0.39, 0.29) is 18.4 Å². The van der Waals surface area contributed by atoms with Gasteiger partial charge >= 0.3 is 0 Å². The minimum atomic E-state index is -0.103. The summed E-state index contributed by atoms with van der Waals surface area (Å²) in [6, 6.07) is 11.6. The number of pyridine rings is 1. The molecule has 1 aromatic heterocycles. The van der Waals surface area contributed by atoms with Crippen LogP contribution in [0.5, 0.6) is 5.75 Å². The van der Waals surface area contributed by atoms with Gasteiger partial charge in [-0.05, 0) is 48.2 Å². The Morgan fingerprint density at radius 1 is 1.04 bits per heavy atom. The van der Waals surface area contributed by atoms with Gasteiger partial charge < -0.3 is 14.5 Å². The molecular formula is C21H27N3O3. The third kappa shape index (κ3) is 6.73. The molecule has 0 saturated carbocycles. The fourth-order valence-corrected chi connectivity index (χ4v) is 2.69. The van der Waals surface area contributed by atoms with Crippen LogP contribution >= 0.6 is 0 Å². The van der Waals surface area contributed by atoms with Gasteiger partial charge in [-0.25, -0.2) is 0 Å². The van der Waals surface area contributed by atoms with Crippen LogP contribution in [0.4, 0.5) is 0 Å². The van der Waals surface area contributed by atoms with Gasteiger partial charge in [0.2, 0.25) is 11.8 Å². The maximum atomic E-state index is 12.5. The van der Waals surface area contributed by atoms with Crippen LogP contribution in [0.15, 0.2) is 48.8 Å². The lowest BCUT2D eigenvalue weighted by Crippen LogP contribution is -2.42. The van der Waals surface area contributed by atoms with E-state index in [0.717, 1.165) is 23.3 Å². The molecule has 2 rings (SSSR count). The van der Waals surface area contributed by atoms with Crippen molar-refractivity contribution in [2.75, 3.05) is 33.8 Å². The first-order valence-corrected chi connectivity index (χ1v) is 9.01. The minimum absolute atomic E-state index is 0.0649. The van der Waals surface area contributed by atoms with Gasteiger partial charge in [0.15, 0.2) is 0 Å². The van der Waals surface area contributed by atoms with Gasteiger partial charge in [0, 0.05) is 39.5 Å². The molecule has 0 N–H and O–H groups in total. The average Bonchev–Trinajstić information content (AvgIpc) is 2.69. The summed E-state index contributed by atoms with van der Waals surface area (Å²) in [5.41, 5.74) is 2.20. The number of hydrogen-bond donors (Lipinski definition) is 0. The molecule has 0 aliphatic carbocycles. The van der Waals surface area contributed by atoms with Crippen LogP contribution in [-0.2, 0) is 22.4 Å². The molecule has 0 fully saturated rings. The Morgan fingerprint density at radius 2 is 1.74 bits per heavy atom. The Labute approximate surface area is 160 Å². The summed E-state index contributed by atoms with van der Waals surface area (Å²) >= 11 is 0. The Kier molecular flexibility index (Phi) is 7.79. The number of rotatable bonds is 9. The monoisotopic (exact) mass is 369 g/mol. The number of nitrogens with zero attached hydrogens (tertiary/aromatic N) is 3. The van der Waals surface area contributed by atoms with Gasteiger partial charge in [0.1, 0.15) is 5.75 Å². The zero-order chi connectivity index (χ0) is 19.6.